The van der Waals surface area contributed by atoms with Gasteiger partial charge in [-0.3, -0.25) is 14.5 Å². The zero-order valence-electron chi connectivity index (χ0n) is 12.8. The molecule has 0 saturated carbocycles. The molecule has 110 valence electrons. The van der Waals surface area contributed by atoms with Crippen LogP contribution in [0.5, 0.6) is 0 Å². The number of nitrogens with zero attached hydrogens (tertiary/aromatic N) is 1. The number of rotatable bonds is 4. The highest BCUT2D eigenvalue weighted by Gasteiger charge is 2.43. The van der Waals surface area contributed by atoms with Crippen LogP contribution in [0.25, 0.3) is 0 Å². The summed E-state index contributed by atoms with van der Waals surface area (Å²) in [5, 5.41) is 3.35. The third-order valence-electron chi connectivity index (χ3n) is 2.91. The van der Waals surface area contributed by atoms with Crippen molar-refractivity contribution < 1.29 is 14.3 Å². The van der Waals surface area contributed by atoms with Gasteiger partial charge in [0.1, 0.15) is 0 Å². The van der Waals surface area contributed by atoms with Crippen LogP contribution < -0.4 is 5.32 Å². The number of nitrogens with one attached hydrogen (secondary N) is 1. The van der Waals surface area contributed by atoms with Crippen molar-refractivity contribution in [1.29, 1.82) is 0 Å². The van der Waals surface area contributed by atoms with Crippen molar-refractivity contribution in [2.75, 3.05) is 6.54 Å². The van der Waals surface area contributed by atoms with Gasteiger partial charge in [0.2, 0.25) is 11.8 Å². The van der Waals surface area contributed by atoms with Crippen LogP contribution >= 0.6 is 0 Å². The Bertz CT molecular complexity index is 347. The monoisotopic (exact) mass is 270 g/mol. The lowest BCUT2D eigenvalue weighted by molar-refractivity contribution is -0.155. The zero-order valence-corrected chi connectivity index (χ0v) is 12.8. The molecule has 0 radical (unpaired) electrons. The van der Waals surface area contributed by atoms with Crippen molar-refractivity contribution in [3.05, 3.63) is 0 Å². The molecule has 5 nitrogen and oxygen atoms in total. The van der Waals surface area contributed by atoms with Gasteiger partial charge in [0.15, 0.2) is 6.23 Å². The standard InChI is InChI=1S/C14H26N2O3/c1-9(2)19-13-11(15-8-14(4,5)6)7-12(18)16(13)10(3)17/h9,11,13,15H,7-8H2,1-6H3/t11-,13+/m0/s1. The molecule has 1 heterocycles. The highest BCUT2D eigenvalue weighted by molar-refractivity contribution is 5.96. The van der Waals surface area contributed by atoms with Crippen molar-refractivity contribution >= 4 is 11.8 Å². The Morgan fingerprint density at radius 1 is 1.47 bits per heavy atom. The van der Waals surface area contributed by atoms with Crippen LogP contribution in [0.1, 0.15) is 48.0 Å². The molecule has 2 atom stereocenters. The molecule has 0 aromatic heterocycles. The van der Waals surface area contributed by atoms with Crippen molar-refractivity contribution in [3.63, 3.8) is 0 Å². The second-order valence-corrected chi connectivity index (χ2v) is 6.61. The number of amides is 2. The van der Waals surface area contributed by atoms with Gasteiger partial charge >= 0.3 is 0 Å². The Labute approximate surface area is 115 Å². The van der Waals surface area contributed by atoms with Gasteiger partial charge in [0.25, 0.3) is 0 Å². The lowest BCUT2D eigenvalue weighted by Gasteiger charge is -2.30. The molecule has 1 fully saturated rings. The summed E-state index contributed by atoms with van der Waals surface area (Å²) in [4.78, 5) is 24.8. The number of ether oxygens (including phenoxy) is 1. The van der Waals surface area contributed by atoms with Gasteiger partial charge in [-0.2, -0.15) is 0 Å². The second-order valence-electron chi connectivity index (χ2n) is 6.61. The first kappa shape index (κ1) is 16.1. The minimum absolute atomic E-state index is 0.0308. The Hall–Kier alpha value is -0.940. The van der Waals surface area contributed by atoms with E-state index in [4.69, 9.17) is 4.74 Å². The van der Waals surface area contributed by atoms with Gasteiger partial charge in [-0.1, -0.05) is 20.8 Å². The first-order valence-electron chi connectivity index (χ1n) is 6.83. The molecule has 0 aromatic carbocycles. The van der Waals surface area contributed by atoms with Gasteiger partial charge in [0, 0.05) is 19.9 Å². The first-order valence-corrected chi connectivity index (χ1v) is 6.83. The number of imide groups is 1. The summed E-state index contributed by atoms with van der Waals surface area (Å²) in [6, 6.07) is -0.127. The van der Waals surface area contributed by atoms with Gasteiger partial charge in [-0.05, 0) is 19.3 Å². The van der Waals surface area contributed by atoms with Crippen LogP contribution in [0.3, 0.4) is 0 Å². The van der Waals surface area contributed by atoms with Crippen LogP contribution in [0.2, 0.25) is 0 Å². The highest BCUT2D eigenvalue weighted by atomic mass is 16.5. The molecule has 0 spiro atoms. The van der Waals surface area contributed by atoms with E-state index in [2.05, 4.69) is 26.1 Å². The third kappa shape index (κ3) is 4.58. The fourth-order valence-corrected chi connectivity index (χ4v) is 2.11. The summed E-state index contributed by atoms with van der Waals surface area (Å²) in [5.41, 5.74) is 0.120. The molecule has 0 aromatic rings. The van der Waals surface area contributed by atoms with E-state index >= 15 is 0 Å². The van der Waals surface area contributed by atoms with Gasteiger partial charge in [-0.25, -0.2) is 0 Å². The lowest BCUT2D eigenvalue weighted by Crippen LogP contribution is -2.49. The second kappa shape index (κ2) is 6.01. The molecule has 1 aliphatic heterocycles. The largest absolute Gasteiger partial charge is 0.353 e. The summed E-state index contributed by atoms with van der Waals surface area (Å²) in [6.45, 7) is 12.4. The van der Waals surface area contributed by atoms with Gasteiger partial charge in [-0.15, -0.1) is 0 Å². The van der Waals surface area contributed by atoms with E-state index in [-0.39, 0.29) is 29.4 Å². The van der Waals surface area contributed by atoms with E-state index in [1.807, 2.05) is 13.8 Å². The smallest absolute Gasteiger partial charge is 0.233 e. The van der Waals surface area contributed by atoms with E-state index < -0.39 is 6.23 Å². The Morgan fingerprint density at radius 3 is 2.47 bits per heavy atom. The van der Waals surface area contributed by atoms with Crippen molar-refractivity contribution in [3.8, 4) is 0 Å². The molecule has 1 saturated heterocycles. The fraction of sp³-hybridized carbons (Fsp3) is 0.857. The molecule has 0 bridgehead atoms. The number of likely N-dealkylation sites (tertiary alicyclic amines) is 1. The van der Waals surface area contributed by atoms with Gasteiger partial charge < -0.3 is 10.1 Å². The van der Waals surface area contributed by atoms with E-state index in [9.17, 15) is 9.59 Å². The summed E-state index contributed by atoms with van der Waals surface area (Å²) in [7, 11) is 0. The molecular weight excluding hydrogens is 244 g/mol. The molecule has 1 rings (SSSR count). The molecule has 19 heavy (non-hydrogen) atoms. The molecule has 0 unspecified atom stereocenters. The maximum absolute atomic E-state index is 11.9. The molecule has 1 aliphatic rings. The molecular formula is C14H26N2O3. The summed E-state index contributed by atoms with van der Waals surface area (Å²) in [6.07, 6.45) is -0.211. The molecule has 0 aliphatic carbocycles. The summed E-state index contributed by atoms with van der Waals surface area (Å²) in [5.74, 6) is -0.416. The number of hydrogen-bond donors (Lipinski definition) is 1. The highest BCUT2D eigenvalue weighted by Crippen LogP contribution is 2.23. The minimum atomic E-state index is -0.493. The van der Waals surface area contributed by atoms with E-state index in [0.29, 0.717) is 6.42 Å². The quantitative estimate of drug-likeness (QED) is 0.841. The number of carbonyl (C=O) groups excluding carboxylic acids is 2. The van der Waals surface area contributed by atoms with Crippen LogP contribution in [-0.4, -0.2) is 41.6 Å². The molecule has 2 amide bonds. The minimum Gasteiger partial charge on any atom is -0.353 e. The fourth-order valence-electron chi connectivity index (χ4n) is 2.11. The average Bonchev–Trinajstić information content (AvgIpc) is 2.50. The van der Waals surface area contributed by atoms with Crippen molar-refractivity contribution in [2.45, 2.75) is 66.3 Å². The first-order chi connectivity index (χ1) is 8.61. The lowest BCUT2D eigenvalue weighted by atomic mass is 9.96. The van der Waals surface area contributed by atoms with Crippen LogP contribution in [0, 0.1) is 5.41 Å². The van der Waals surface area contributed by atoms with Crippen molar-refractivity contribution in [2.24, 2.45) is 5.41 Å². The normalized spacial score (nSPS) is 24.4. The van der Waals surface area contributed by atoms with Crippen molar-refractivity contribution in [1.82, 2.24) is 10.2 Å². The van der Waals surface area contributed by atoms with Crippen LogP contribution in [0.15, 0.2) is 0 Å². The zero-order chi connectivity index (χ0) is 14.8. The topological polar surface area (TPSA) is 58.6 Å². The van der Waals surface area contributed by atoms with E-state index in [1.54, 1.807) is 0 Å². The van der Waals surface area contributed by atoms with Crippen LogP contribution in [0.4, 0.5) is 0 Å². The van der Waals surface area contributed by atoms with Crippen LogP contribution in [-0.2, 0) is 14.3 Å². The Kier molecular flexibility index (Phi) is 5.10. The molecule has 5 heteroatoms. The van der Waals surface area contributed by atoms with Gasteiger partial charge in [0.05, 0.1) is 12.1 Å². The Balaban J connectivity index is 2.78. The Morgan fingerprint density at radius 2 is 2.05 bits per heavy atom. The maximum atomic E-state index is 11.9. The third-order valence-corrected chi connectivity index (χ3v) is 2.91. The van der Waals surface area contributed by atoms with E-state index in [0.717, 1.165) is 6.54 Å². The number of hydrogen-bond acceptors (Lipinski definition) is 4. The predicted molar refractivity (Wildman–Crippen MR) is 73.4 cm³/mol. The SMILES string of the molecule is CC(=O)N1C(=O)C[C@H](NCC(C)(C)C)[C@H]1OC(C)C. The van der Waals surface area contributed by atoms with E-state index in [1.165, 1.54) is 11.8 Å². The average molecular weight is 270 g/mol. The predicted octanol–water partition coefficient (Wildman–Crippen LogP) is 1.52. The maximum Gasteiger partial charge on any atom is 0.233 e. The summed E-state index contributed by atoms with van der Waals surface area (Å²) < 4.78 is 5.76. The summed E-state index contributed by atoms with van der Waals surface area (Å²) >= 11 is 0. The molecule has 1 N–H and O–H groups in total. The number of carbonyl (C=O) groups is 2.